The largest absolute Gasteiger partial charge is 0.458 e. The van der Waals surface area contributed by atoms with Gasteiger partial charge in [-0.3, -0.25) is 14.4 Å². The molecule has 0 aromatic rings. The Labute approximate surface area is 212 Å². The summed E-state index contributed by atoms with van der Waals surface area (Å²) >= 11 is 0. The number of allylic oxidation sites excluding steroid dienone is 4. The fraction of sp³-hybridized carbons (Fsp3) is 0.741. The van der Waals surface area contributed by atoms with Crippen LogP contribution in [0, 0.1) is 28.6 Å². The SMILES string of the molecule is [2H]C([2H])([2H])C([2H])([2H])C([2H])([2H])C1([2H])O[C@@H]2C[C@H]3[C@@H]4CCC5=CC(=O)C=C[C@]5(C)[C@H]4[C@@H](O)C[C@]3(C)[C@]2(C(=O)COC(C)=O)O1. The standard InChI is InChI=1S/C27H36O7/c1-5-6-23-33-22-12-19-18-8-7-16-11-17(29)9-10-25(16,3)24(18)20(30)13-26(19,4)27(22,34-23)21(31)14-32-15(2)28/h9-11,18-20,22-24,30H,5-8,12-14H2,1-4H3/t18-,19-,20-,22+,23?,24+,25-,26-,27+/m0/s1/i1D3,5D2,6D2,23D. The van der Waals surface area contributed by atoms with Crippen molar-refractivity contribution in [2.45, 2.75) is 90.1 Å². The van der Waals surface area contributed by atoms with Crippen molar-refractivity contribution in [3.8, 4) is 0 Å². The Kier molecular flexibility index (Phi) is 3.82. The molecule has 1 aliphatic heterocycles. The van der Waals surface area contributed by atoms with E-state index in [1.54, 1.807) is 13.0 Å². The molecule has 1 N–H and O–H groups in total. The molecule has 5 aliphatic rings. The van der Waals surface area contributed by atoms with Crippen molar-refractivity contribution in [2.24, 2.45) is 28.6 Å². The molecule has 4 aliphatic carbocycles. The fourth-order valence-corrected chi connectivity index (χ4v) is 7.85. The highest BCUT2D eigenvalue weighted by Gasteiger charge is 2.75. The second-order valence-electron chi connectivity index (χ2n) is 10.6. The van der Waals surface area contributed by atoms with Crippen LogP contribution in [0.2, 0.25) is 0 Å². The molecule has 3 saturated carbocycles. The third-order valence-electron chi connectivity index (χ3n) is 9.14. The maximum absolute atomic E-state index is 14.0. The van der Waals surface area contributed by atoms with E-state index in [4.69, 9.17) is 25.2 Å². The summed E-state index contributed by atoms with van der Waals surface area (Å²) in [6, 6.07) is 0. The number of aliphatic hydroxyl groups is 1. The third-order valence-corrected chi connectivity index (χ3v) is 9.14. The first-order chi connectivity index (χ1) is 19.1. The predicted octanol–water partition coefficient (Wildman–Crippen LogP) is 3.29. The molecular formula is C27H36O7. The number of carbonyl (C=O) groups excluding carboxylic acids is 3. The lowest BCUT2D eigenvalue weighted by molar-refractivity contribution is -0.201. The molecule has 1 saturated heterocycles. The van der Waals surface area contributed by atoms with Crippen LogP contribution < -0.4 is 0 Å². The summed E-state index contributed by atoms with van der Waals surface area (Å²) in [7, 11) is 0. The molecule has 0 bridgehead atoms. The topological polar surface area (TPSA) is 99.1 Å². The number of ether oxygens (including phenoxy) is 3. The molecule has 34 heavy (non-hydrogen) atoms. The normalized spacial score (nSPS) is 53.6. The average molecular weight is 481 g/mol. The van der Waals surface area contributed by atoms with E-state index in [-0.39, 0.29) is 36.4 Å². The Morgan fingerprint density at radius 1 is 1.41 bits per heavy atom. The molecule has 0 amide bonds. The summed E-state index contributed by atoms with van der Waals surface area (Å²) in [6.45, 7) is 0.427. The molecule has 186 valence electrons. The van der Waals surface area contributed by atoms with Crippen LogP contribution in [0.1, 0.15) is 77.0 Å². The van der Waals surface area contributed by atoms with Crippen LogP contribution in [0.5, 0.6) is 0 Å². The van der Waals surface area contributed by atoms with E-state index in [2.05, 4.69) is 0 Å². The number of esters is 1. The maximum atomic E-state index is 14.0. The highest BCUT2D eigenvalue weighted by Crippen LogP contribution is 2.69. The lowest BCUT2D eigenvalue weighted by atomic mass is 9.46. The van der Waals surface area contributed by atoms with Crippen LogP contribution in [-0.2, 0) is 28.6 Å². The zero-order valence-corrected chi connectivity index (χ0v) is 19.6. The van der Waals surface area contributed by atoms with E-state index < -0.39 is 72.9 Å². The van der Waals surface area contributed by atoms with Gasteiger partial charge < -0.3 is 19.3 Å². The highest BCUT2D eigenvalue weighted by molar-refractivity contribution is 6.01. The number of aliphatic hydroxyl groups excluding tert-OH is 1. The van der Waals surface area contributed by atoms with Gasteiger partial charge in [0.05, 0.1) is 13.6 Å². The molecule has 1 heterocycles. The van der Waals surface area contributed by atoms with Crippen LogP contribution in [0.4, 0.5) is 0 Å². The van der Waals surface area contributed by atoms with Crippen molar-refractivity contribution in [1.29, 1.82) is 0 Å². The Morgan fingerprint density at radius 2 is 2.21 bits per heavy atom. The van der Waals surface area contributed by atoms with E-state index in [9.17, 15) is 19.5 Å². The maximum Gasteiger partial charge on any atom is 0.303 e. The number of carbonyl (C=O) groups is 3. The van der Waals surface area contributed by atoms with Crippen molar-refractivity contribution in [1.82, 2.24) is 0 Å². The lowest BCUT2D eigenvalue weighted by Gasteiger charge is -2.59. The first kappa shape index (κ1) is 16.0. The molecule has 7 heteroatoms. The van der Waals surface area contributed by atoms with Crippen LogP contribution in [0.15, 0.2) is 23.8 Å². The van der Waals surface area contributed by atoms with Crippen molar-refractivity contribution in [2.75, 3.05) is 6.61 Å². The van der Waals surface area contributed by atoms with Crippen molar-refractivity contribution < 1.29 is 44.7 Å². The monoisotopic (exact) mass is 480 g/mol. The van der Waals surface area contributed by atoms with Gasteiger partial charge in [0.1, 0.15) is 0 Å². The molecule has 7 nitrogen and oxygen atoms in total. The number of fused-ring (bicyclic) bond motifs is 7. The summed E-state index contributed by atoms with van der Waals surface area (Å²) in [5, 5.41) is 11.8. The summed E-state index contributed by atoms with van der Waals surface area (Å²) in [4.78, 5) is 37.8. The molecule has 1 unspecified atom stereocenters. The van der Waals surface area contributed by atoms with Gasteiger partial charge in [0.15, 0.2) is 24.3 Å². The molecule has 4 fully saturated rings. The van der Waals surface area contributed by atoms with Gasteiger partial charge in [0.2, 0.25) is 5.78 Å². The lowest BCUT2D eigenvalue weighted by Crippen LogP contribution is -2.63. The molecular weight excluding hydrogens is 436 g/mol. The molecule has 0 radical (unpaired) electrons. The first-order valence-electron chi connectivity index (χ1n) is 15.8. The van der Waals surface area contributed by atoms with Gasteiger partial charge in [0, 0.05) is 33.3 Å². The zero-order chi connectivity index (χ0) is 31.5. The third kappa shape index (κ3) is 3.16. The second-order valence-corrected chi connectivity index (χ2v) is 10.6. The number of ketones is 2. The van der Waals surface area contributed by atoms with E-state index in [1.807, 2.05) is 13.0 Å². The quantitative estimate of drug-likeness (QED) is 0.603. The number of hydrogen-bond acceptors (Lipinski definition) is 7. The number of rotatable bonds is 5. The Balaban J connectivity index is 1.60. The fourth-order valence-electron chi connectivity index (χ4n) is 7.85. The number of hydrogen-bond donors (Lipinski definition) is 1. The van der Waals surface area contributed by atoms with Crippen LogP contribution >= 0.6 is 0 Å². The van der Waals surface area contributed by atoms with Gasteiger partial charge in [-0.1, -0.05) is 38.7 Å². The van der Waals surface area contributed by atoms with Gasteiger partial charge in [-0.15, -0.1) is 0 Å². The summed E-state index contributed by atoms with van der Waals surface area (Å²) in [5.74, 6) is -2.65. The van der Waals surface area contributed by atoms with E-state index in [1.165, 1.54) is 6.08 Å². The van der Waals surface area contributed by atoms with Crippen molar-refractivity contribution in [3.05, 3.63) is 23.8 Å². The smallest absolute Gasteiger partial charge is 0.303 e. The highest BCUT2D eigenvalue weighted by atomic mass is 16.7. The summed E-state index contributed by atoms with van der Waals surface area (Å²) < 4.78 is 81.7. The zero-order valence-electron chi connectivity index (χ0n) is 27.6. The molecule has 0 aromatic heterocycles. The van der Waals surface area contributed by atoms with Crippen LogP contribution in [-0.4, -0.2) is 53.3 Å². The van der Waals surface area contributed by atoms with Crippen LogP contribution in [0.3, 0.4) is 0 Å². The minimum absolute atomic E-state index is 0.0552. The van der Waals surface area contributed by atoms with Crippen molar-refractivity contribution in [3.63, 3.8) is 0 Å². The molecule has 9 atom stereocenters. The van der Waals surface area contributed by atoms with Crippen LogP contribution in [0.25, 0.3) is 0 Å². The van der Waals surface area contributed by atoms with Gasteiger partial charge in [-0.2, -0.15) is 0 Å². The predicted molar refractivity (Wildman–Crippen MR) is 122 cm³/mol. The van der Waals surface area contributed by atoms with Gasteiger partial charge in [-0.05, 0) is 56.0 Å². The summed E-state index contributed by atoms with van der Waals surface area (Å²) in [6.07, 6.45) is -6.78. The molecule has 5 rings (SSSR count). The summed E-state index contributed by atoms with van der Waals surface area (Å²) in [5.41, 5.74) is -3.17. The Morgan fingerprint density at radius 3 is 2.94 bits per heavy atom. The molecule has 0 spiro atoms. The van der Waals surface area contributed by atoms with E-state index in [0.29, 0.717) is 12.8 Å². The minimum atomic E-state index is -3.62. The number of Topliss-reactive ketones (excluding diaryl/α,β-unsaturated/α-hetero) is 1. The van der Waals surface area contributed by atoms with E-state index >= 15 is 0 Å². The Bertz CT molecular complexity index is 1280. The van der Waals surface area contributed by atoms with Crippen molar-refractivity contribution >= 4 is 17.5 Å². The van der Waals surface area contributed by atoms with Gasteiger partial charge in [0.25, 0.3) is 0 Å². The molecule has 0 aromatic carbocycles. The van der Waals surface area contributed by atoms with Gasteiger partial charge in [-0.25, -0.2) is 0 Å². The minimum Gasteiger partial charge on any atom is -0.458 e. The van der Waals surface area contributed by atoms with Gasteiger partial charge >= 0.3 is 5.97 Å². The Hall–Kier alpha value is -1.83. The average Bonchev–Trinajstić information content (AvgIpc) is 3.30. The van der Waals surface area contributed by atoms with E-state index in [0.717, 1.165) is 12.5 Å². The first-order valence-corrected chi connectivity index (χ1v) is 11.8. The second kappa shape index (κ2) is 8.10.